The molecule has 0 unspecified atom stereocenters. The largest absolute Gasteiger partial charge is 0.496 e. The molecule has 1 amide bonds. The molecule has 0 aliphatic carbocycles. The van der Waals surface area contributed by atoms with Gasteiger partial charge in [-0.05, 0) is 43.7 Å². The van der Waals surface area contributed by atoms with Gasteiger partial charge < -0.3 is 10.1 Å². The summed E-state index contributed by atoms with van der Waals surface area (Å²) in [7, 11) is 3.61. The number of carbonyl (C=O) groups is 1. The van der Waals surface area contributed by atoms with Crippen molar-refractivity contribution in [1.82, 2.24) is 4.90 Å². The number of hydrogen-bond acceptors (Lipinski definition) is 3. The average Bonchev–Trinajstić information content (AvgIpc) is 2.61. The highest BCUT2D eigenvalue weighted by atomic mass is 16.5. The average molecular weight is 340 g/mol. The van der Waals surface area contributed by atoms with Crippen LogP contribution in [0.5, 0.6) is 5.75 Å². The summed E-state index contributed by atoms with van der Waals surface area (Å²) >= 11 is 0. The van der Waals surface area contributed by atoms with E-state index >= 15 is 0 Å². The first-order chi connectivity index (χ1) is 11.9. The molecule has 0 bridgehead atoms. The van der Waals surface area contributed by atoms with Crippen molar-refractivity contribution in [2.24, 2.45) is 0 Å². The van der Waals surface area contributed by atoms with Gasteiger partial charge in [-0.3, -0.25) is 9.69 Å². The Morgan fingerprint density at radius 3 is 2.32 bits per heavy atom. The zero-order valence-corrected chi connectivity index (χ0v) is 15.7. The van der Waals surface area contributed by atoms with Gasteiger partial charge in [0.1, 0.15) is 5.75 Å². The summed E-state index contributed by atoms with van der Waals surface area (Å²) < 4.78 is 5.39. The maximum Gasteiger partial charge on any atom is 0.241 e. The standard InChI is InChI=1S/C21H28N2O2/c1-15(2)17-10-12-19(13-11-17)22-21(24)16(3)23(4)14-18-8-6-7-9-20(18)25-5/h6-13,15-16H,14H2,1-5H3,(H,22,24)/t16-/m1/s1. The van der Waals surface area contributed by atoms with Crippen LogP contribution in [0.2, 0.25) is 0 Å². The van der Waals surface area contributed by atoms with Crippen LogP contribution >= 0.6 is 0 Å². The lowest BCUT2D eigenvalue weighted by atomic mass is 10.0. The van der Waals surface area contributed by atoms with Crippen molar-refractivity contribution in [2.75, 3.05) is 19.5 Å². The van der Waals surface area contributed by atoms with Gasteiger partial charge in [-0.25, -0.2) is 0 Å². The van der Waals surface area contributed by atoms with Crippen molar-refractivity contribution in [1.29, 1.82) is 0 Å². The van der Waals surface area contributed by atoms with Gasteiger partial charge in [0.15, 0.2) is 0 Å². The fourth-order valence-electron chi connectivity index (χ4n) is 2.64. The Bertz CT molecular complexity index is 695. The highest BCUT2D eigenvalue weighted by Crippen LogP contribution is 2.20. The molecule has 0 heterocycles. The third-order valence-electron chi connectivity index (χ3n) is 4.50. The van der Waals surface area contributed by atoms with E-state index in [-0.39, 0.29) is 11.9 Å². The second-order valence-electron chi connectivity index (χ2n) is 6.67. The van der Waals surface area contributed by atoms with Crippen LogP contribution in [0.4, 0.5) is 5.69 Å². The molecule has 4 nitrogen and oxygen atoms in total. The van der Waals surface area contributed by atoms with Gasteiger partial charge in [0.25, 0.3) is 0 Å². The monoisotopic (exact) mass is 340 g/mol. The van der Waals surface area contributed by atoms with E-state index in [4.69, 9.17) is 4.74 Å². The van der Waals surface area contributed by atoms with Crippen molar-refractivity contribution in [3.8, 4) is 5.75 Å². The van der Waals surface area contributed by atoms with Crippen molar-refractivity contribution in [2.45, 2.75) is 39.3 Å². The van der Waals surface area contributed by atoms with Crippen LogP contribution in [0.3, 0.4) is 0 Å². The lowest BCUT2D eigenvalue weighted by Crippen LogP contribution is -2.39. The minimum Gasteiger partial charge on any atom is -0.496 e. The van der Waals surface area contributed by atoms with Gasteiger partial charge in [-0.1, -0.05) is 44.2 Å². The summed E-state index contributed by atoms with van der Waals surface area (Å²) in [6, 6.07) is 15.7. The Balaban J connectivity index is 1.98. The van der Waals surface area contributed by atoms with E-state index in [1.807, 2.05) is 55.3 Å². The van der Waals surface area contributed by atoms with Gasteiger partial charge in [-0.2, -0.15) is 0 Å². The Morgan fingerprint density at radius 1 is 1.08 bits per heavy atom. The number of likely N-dealkylation sites (N-methyl/N-ethyl adjacent to an activating group) is 1. The van der Waals surface area contributed by atoms with Crippen molar-refractivity contribution in [3.05, 3.63) is 59.7 Å². The number of carbonyl (C=O) groups excluding carboxylic acids is 1. The molecular weight excluding hydrogens is 312 g/mol. The Labute approximate surface area is 150 Å². The number of anilines is 1. The highest BCUT2D eigenvalue weighted by Gasteiger charge is 2.19. The number of para-hydroxylation sites is 1. The molecule has 0 radical (unpaired) electrons. The molecule has 4 heteroatoms. The van der Waals surface area contributed by atoms with Crippen LogP contribution in [0.15, 0.2) is 48.5 Å². The predicted octanol–water partition coefficient (Wildman–Crippen LogP) is 4.28. The number of nitrogens with zero attached hydrogens (tertiary/aromatic N) is 1. The van der Waals surface area contributed by atoms with Gasteiger partial charge in [0.2, 0.25) is 5.91 Å². The van der Waals surface area contributed by atoms with Crippen LogP contribution in [-0.2, 0) is 11.3 Å². The van der Waals surface area contributed by atoms with Crippen molar-refractivity contribution in [3.63, 3.8) is 0 Å². The summed E-state index contributed by atoms with van der Waals surface area (Å²) in [5, 5.41) is 2.99. The lowest BCUT2D eigenvalue weighted by molar-refractivity contribution is -0.120. The topological polar surface area (TPSA) is 41.6 Å². The van der Waals surface area contributed by atoms with E-state index in [0.29, 0.717) is 12.5 Å². The first kappa shape index (κ1) is 19.0. The molecule has 2 aromatic rings. The van der Waals surface area contributed by atoms with E-state index in [1.54, 1.807) is 7.11 Å². The van der Waals surface area contributed by atoms with Gasteiger partial charge in [-0.15, -0.1) is 0 Å². The fraction of sp³-hybridized carbons (Fsp3) is 0.381. The summed E-state index contributed by atoms with van der Waals surface area (Å²) in [5.41, 5.74) is 3.15. The van der Waals surface area contributed by atoms with Crippen molar-refractivity contribution < 1.29 is 9.53 Å². The van der Waals surface area contributed by atoms with Crippen LogP contribution in [-0.4, -0.2) is 31.0 Å². The molecule has 0 saturated heterocycles. The molecule has 1 N–H and O–H groups in total. The minimum absolute atomic E-state index is 0.0188. The number of nitrogens with one attached hydrogen (secondary N) is 1. The second kappa shape index (κ2) is 8.67. The lowest BCUT2D eigenvalue weighted by Gasteiger charge is -2.24. The molecule has 0 spiro atoms. The van der Waals surface area contributed by atoms with Gasteiger partial charge >= 0.3 is 0 Å². The Morgan fingerprint density at radius 2 is 1.72 bits per heavy atom. The molecule has 1 atom stereocenters. The fourth-order valence-corrected chi connectivity index (χ4v) is 2.64. The highest BCUT2D eigenvalue weighted by molar-refractivity contribution is 5.94. The van der Waals surface area contributed by atoms with Crippen molar-refractivity contribution >= 4 is 11.6 Å². The number of amides is 1. The third-order valence-corrected chi connectivity index (χ3v) is 4.50. The van der Waals surface area contributed by atoms with E-state index in [2.05, 4.69) is 31.3 Å². The SMILES string of the molecule is COc1ccccc1CN(C)[C@H](C)C(=O)Nc1ccc(C(C)C)cc1. The molecule has 2 rings (SSSR count). The zero-order valence-electron chi connectivity index (χ0n) is 15.7. The van der Waals surface area contributed by atoms with Crippen LogP contribution in [0.1, 0.15) is 37.8 Å². The molecule has 0 aliphatic rings. The number of hydrogen-bond donors (Lipinski definition) is 1. The quantitative estimate of drug-likeness (QED) is 0.818. The van der Waals surface area contributed by atoms with E-state index < -0.39 is 0 Å². The molecule has 2 aromatic carbocycles. The maximum absolute atomic E-state index is 12.5. The summed E-state index contributed by atoms with van der Waals surface area (Å²) in [6.45, 7) is 6.86. The van der Waals surface area contributed by atoms with E-state index in [1.165, 1.54) is 5.56 Å². The second-order valence-corrected chi connectivity index (χ2v) is 6.67. The number of ether oxygens (including phenoxy) is 1. The molecule has 0 fully saturated rings. The smallest absolute Gasteiger partial charge is 0.241 e. The zero-order chi connectivity index (χ0) is 18.4. The number of methoxy groups -OCH3 is 1. The molecule has 0 saturated carbocycles. The minimum atomic E-state index is -0.255. The third kappa shape index (κ3) is 5.07. The maximum atomic E-state index is 12.5. The Kier molecular flexibility index (Phi) is 6.59. The first-order valence-electron chi connectivity index (χ1n) is 8.65. The molecule has 0 aromatic heterocycles. The summed E-state index contributed by atoms with van der Waals surface area (Å²) in [6.07, 6.45) is 0. The van der Waals surface area contributed by atoms with Gasteiger partial charge in [0.05, 0.1) is 13.2 Å². The summed E-state index contributed by atoms with van der Waals surface area (Å²) in [4.78, 5) is 14.5. The normalized spacial score (nSPS) is 12.3. The first-order valence-corrected chi connectivity index (χ1v) is 8.65. The molecule has 25 heavy (non-hydrogen) atoms. The number of rotatable bonds is 7. The van der Waals surface area contributed by atoms with Crippen LogP contribution in [0.25, 0.3) is 0 Å². The predicted molar refractivity (Wildman–Crippen MR) is 103 cm³/mol. The Hall–Kier alpha value is -2.33. The van der Waals surface area contributed by atoms with Crippen LogP contribution < -0.4 is 10.1 Å². The number of benzene rings is 2. The summed E-state index contributed by atoms with van der Waals surface area (Å²) in [5.74, 6) is 1.30. The van der Waals surface area contributed by atoms with Gasteiger partial charge in [0, 0.05) is 17.8 Å². The van der Waals surface area contributed by atoms with Crippen LogP contribution in [0, 0.1) is 0 Å². The molecule has 0 aliphatic heterocycles. The van der Waals surface area contributed by atoms with E-state index in [0.717, 1.165) is 17.0 Å². The molecular formula is C21H28N2O2. The van der Waals surface area contributed by atoms with E-state index in [9.17, 15) is 4.79 Å². The molecule has 134 valence electrons.